The number of thioether (sulfide) groups is 1. The normalized spacial score (nSPS) is 22.4. The summed E-state index contributed by atoms with van der Waals surface area (Å²) in [5.41, 5.74) is 0.893. The van der Waals surface area contributed by atoms with E-state index in [0.29, 0.717) is 17.0 Å². The van der Waals surface area contributed by atoms with Gasteiger partial charge in [0.05, 0.1) is 10.9 Å². The molecule has 6 nitrogen and oxygen atoms in total. The van der Waals surface area contributed by atoms with Crippen molar-refractivity contribution in [3.8, 4) is 5.69 Å². The molecular weight excluding hydrogens is 322 g/mol. The number of rotatable bonds is 4. The van der Waals surface area contributed by atoms with Crippen LogP contribution in [0, 0.1) is 11.8 Å². The van der Waals surface area contributed by atoms with E-state index in [1.54, 1.807) is 4.68 Å². The Morgan fingerprint density at radius 2 is 1.88 bits per heavy atom. The molecule has 0 unspecified atom stereocenters. The minimum atomic E-state index is -0.212. The number of benzene rings is 1. The third-order valence-electron chi connectivity index (χ3n) is 4.25. The van der Waals surface area contributed by atoms with Gasteiger partial charge in [-0.3, -0.25) is 4.79 Å². The lowest BCUT2D eigenvalue weighted by Gasteiger charge is -2.36. The summed E-state index contributed by atoms with van der Waals surface area (Å²) in [7, 11) is 0. The van der Waals surface area contributed by atoms with Gasteiger partial charge in [0, 0.05) is 13.1 Å². The maximum atomic E-state index is 12.8. The zero-order valence-corrected chi connectivity index (χ0v) is 15.1. The highest BCUT2D eigenvalue weighted by Gasteiger charge is 2.29. The number of amides is 1. The number of hydrogen-bond donors (Lipinski definition) is 0. The molecule has 1 fully saturated rings. The Morgan fingerprint density at radius 1 is 1.21 bits per heavy atom. The number of carbonyl (C=O) groups is 1. The van der Waals surface area contributed by atoms with Gasteiger partial charge in [0.2, 0.25) is 11.1 Å². The Kier molecular flexibility index (Phi) is 5.18. The zero-order chi connectivity index (χ0) is 17.1. The van der Waals surface area contributed by atoms with E-state index in [0.717, 1.165) is 18.8 Å². The van der Waals surface area contributed by atoms with Crippen molar-refractivity contribution in [3.05, 3.63) is 30.3 Å². The number of hydrogen-bond acceptors (Lipinski definition) is 5. The first kappa shape index (κ1) is 17.0. The lowest BCUT2D eigenvalue weighted by molar-refractivity contribution is -0.132. The van der Waals surface area contributed by atoms with Gasteiger partial charge in [-0.1, -0.05) is 43.8 Å². The van der Waals surface area contributed by atoms with Crippen LogP contribution in [0.1, 0.15) is 27.2 Å². The van der Waals surface area contributed by atoms with Crippen LogP contribution >= 0.6 is 11.8 Å². The first-order valence-corrected chi connectivity index (χ1v) is 9.21. The molecule has 2 aromatic rings. The molecule has 1 aliphatic rings. The number of piperidine rings is 1. The largest absolute Gasteiger partial charge is 0.341 e. The number of nitrogens with zero attached hydrogens (tertiary/aromatic N) is 5. The van der Waals surface area contributed by atoms with Crippen molar-refractivity contribution in [2.24, 2.45) is 11.8 Å². The van der Waals surface area contributed by atoms with Crippen LogP contribution in [-0.4, -0.2) is 49.4 Å². The first-order chi connectivity index (χ1) is 11.5. The van der Waals surface area contributed by atoms with Crippen LogP contribution in [0.4, 0.5) is 0 Å². The highest BCUT2D eigenvalue weighted by atomic mass is 32.2. The van der Waals surface area contributed by atoms with E-state index >= 15 is 0 Å². The summed E-state index contributed by atoms with van der Waals surface area (Å²) >= 11 is 1.41. The zero-order valence-electron chi connectivity index (χ0n) is 14.3. The number of tetrazole rings is 1. The van der Waals surface area contributed by atoms with E-state index in [-0.39, 0.29) is 11.2 Å². The van der Waals surface area contributed by atoms with E-state index in [9.17, 15) is 4.79 Å². The molecule has 0 bridgehead atoms. The highest BCUT2D eigenvalue weighted by Crippen LogP contribution is 2.27. The molecule has 1 aromatic carbocycles. The highest BCUT2D eigenvalue weighted by molar-refractivity contribution is 8.00. The van der Waals surface area contributed by atoms with Gasteiger partial charge in [0.1, 0.15) is 0 Å². The standard InChI is InChI=1S/C17H23N5OS/c1-12-9-13(2)11-21(10-12)16(23)14(3)24-17-18-19-20-22(17)15-7-5-4-6-8-15/h4-8,12-14H,9-11H2,1-3H3/t12-,13+,14-/m1/s1. The van der Waals surface area contributed by atoms with Crippen molar-refractivity contribution in [3.63, 3.8) is 0 Å². The van der Waals surface area contributed by atoms with Crippen molar-refractivity contribution >= 4 is 17.7 Å². The third kappa shape index (κ3) is 3.77. The summed E-state index contributed by atoms with van der Waals surface area (Å²) in [5, 5.41) is 12.3. The predicted octanol–water partition coefficient (Wildman–Crippen LogP) is 2.65. The summed E-state index contributed by atoms with van der Waals surface area (Å²) < 4.78 is 1.68. The molecule has 0 aliphatic carbocycles. The Morgan fingerprint density at radius 3 is 2.54 bits per heavy atom. The summed E-state index contributed by atoms with van der Waals surface area (Å²) in [6.07, 6.45) is 1.19. The van der Waals surface area contributed by atoms with Gasteiger partial charge in [0.25, 0.3) is 0 Å². The fraction of sp³-hybridized carbons (Fsp3) is 0.529. The lowest BCUT2D eigenvalue weighted by atomic mass is 9.92. The quantitative estimate of drug-likeness (QED) is 0.797. The third-order valence-corrected chi connectivity index (χ3v) is 5.27. The molecule has 0 N–H and O–H groups in total. The van der Waals surface area contributed by atoms with E-state index in [1.165, 1.54) is 18.2 Å². The van der Waals surface area contributed by atoms with E-state index in [4.69, 9.17) is 0 Å². The van der Waals surface area contributed by atoms with Crippen LogP contribution in [0.5, 0.6) is 0 Å². The van der Waals surface area contributed by atoms with Gasteiger partial charge in [0.15, 0.2) is 0 Å². The molecule has 24 heavy (non-hydrogen) atoms. The lowest BCUT2D eigenvalue weighted by Crippen LogP contribution is -2.45. The van der Waals surface area contributed by atoms with Crippen LogP contribution in [0.15, 0.2) is 35.5 Å². The summed E-state index contributed by atoms with van der Waals surface area (Å²) in [5.74, 6) is 1.29. The fourth-order valence-electron chi connectivity index (χ4n) is 3.29. The van der Waals surface area contributed by atoms with Gasteiger partial charge in [-0.2, -0.15) is 4.68 Å². The maximum Gasteiger partial charge on any atom is 0.235 e. The average Bonchev–Trinajstić information content (AvgIpc) is 3.02. The molecular formula is C17H23N5OS. The number of aromatic nitrogens is 4. The van der Waals surface area contributed by atoms with E-state index in [1.807, 2.05) is 42.2 Å². The van der Waals surface area contributed by atoms with Gasteiger partial charge in [-0.25, -0.2) is 0 Å². The molecule has 0 saturated carbocycles. The minimum absolute atomic E-state index is 0.168. The van der Waals surface area contributed by atoms with Crippen LogP contribution in [-0.2, 0) is 4.79 Å². The summed E-state index contributed by atoms with van der Waals surface area (Å²) in [6, 6.07) is 9.72. The second-order valence-corrected chi connectivity index (χ2v) is 7.97. The molecule has 2 heterocycles. The van der Waals surface area contributed by atoms with Crippen molar-refractivity contribution < 1.29 is 4.79 Å². The van der Waals surface area contributed by atoms with Gasteiger partial charge in [-0.05, 0) is 47.7 Å². The molecule has 0 spiro atoms. The second kappa shape index (κ2) is 7.34. The van der Waals surface area contributed by atoms with E-state index in [2.05, 4.69) is 29.4 Å². The second-order valence-electron chi connectivity index (χ2n) is 6.66. The average molecular weight is 345 g/mol. The van der Waals surface area contributed by atoms with Crippen LogP contribution in [0.25, 0.3) is 5.69 Å². The van der Waals surface area contributed by atoms with Gasteiger partial charge in [-0.15, -0.1) is 5.10 Å². The Balaban J connectivity index is 1.70. The van der Waals surface area contributed by atoms with Crippen molar-refractivity contribution in [1.82, 2.24) is 25.1 Å². The number of likely N-dealkylation sites (tertiary alicyclic amines) is 1. The van der Waals surface area contributed by atoms with Gasteiger partial charge < -0.3 is 4.90 Å². The Hall–Kier alpha value is -1.89. The summed E-state index contributed by atoms with van der Waals surface area (Å²) in [4.78, 5) is 14.8. The van der Waals surface area contributed by atoms with Crippen molar-refractivity contribution in [1.29, 1.82) is 0 Å². The number of para-hydroxylation sites is 1. The van der Waals surface area contributed by atoms with Crippen molar-refractivity contribution in [2.75, 3.05) is 13.1 Å². The molecule has 1 aromatic heterocycles. The molecule has 3 rings (SSSR count). The van der Waals surface area contributed by atoms with Crippen LogP contribution in [0.2, 0.25) is 0 Å². The van der Waals surface area contributed by atoms with Gasteiger partial charge >= 0.3 is 0 Å². The van der Waals surface area contributed by atoms with Crippen LogP contribution < -0.4 is 0 Å². The molecule has 0 radical (unpaired) electrons. The molecule has 3 atom stereocenters. The van der Waals surface area contributed by atoms with Crippen LogP contribution in [0.3, 0.4) is 0 Å². The maximum absolute atomic E-state index is 12.8. The topological polar surface area (TPSA) is 63.9 Å². The molecule has 1 aliphatic heterocycles. The number of carbonyl (C=O) groups excluding carboxylic acids is 1. The molecule has 1 amide bonds. The smallest absolute Gasteiger partial charge is 0.235 e. The monoisotopic (exact) mass is 345 g/mol. The Labute approximate surface area is 146 Å². The first-order valence-electron chi connectivity index (χ1n) is 8.34. The van der Waals surface area contributed by atoms with Crippen molar-refractivity contribution in [2.45, 2.75) is 37.6 Å². The predicted molar refractivity (Wildman–Crippen MR) is 94.0 cm³/mol. The fourth-order valence-corrected chi connectivity index (χ4v) is 4.18. The van der Waals surface area contributed by atoms with E-state index < -0.39 is 0 Å². The Bertz CT molecular complexity index is 679. The summed E-state index contributed by atoms with van der Waals surface area (Å²) in [6.45, 7) is 8.05. The minimum Gasteiger partial charge on any atom is -0.341 e. The molecule has 7 heteroatoms. The molecule has 128 valence electrons. The SMILES string of the molecule is C[C@@H]1C[C@H](C)CN(C(=O)[C@@H](C)Sc2nnnn2-c2ccccc2)C1. The molecule has 1 saturated heterocycles.